The summed E-state index contributed by atoms with van der Waals surface area (Å²) in [5.41, 5.74) is 0.571. The summed E-state index contributed by atoms with van der Waals surface area (Å²) < 4.78 is 30.9. The number of ether oxygens (including phenoxy) is 1. The number of carbonyl (C=O) groups is 4. The number of rotatable bonds is 12. The molecule has 0 saturated carbocycles. The van der Waals surface area contributed by atoms with Crippen molar-refractivity contribution in [3.63, 3.8) is 0 Å². The van der Waals surface area contributed by atoms with Gasteiger partial charge in [0.2, 0.25) is 17.6 Å². The van der Waals surface area contributed by atoms with Gasteiger partial charge in [-0.25, -0.2) is 8.42 Å². The van der Waals surface area contributed by atoms with Gasteiger partial charge in [0.25, 0.3) is 5.91 Å². The molecule has 1 saturated heterocycles. The summed E-state index contributed by atoms with van der Waals surface area (Å²) in [5, 5.41) is 2.37. The first-order valence-electron chi connectivity index (χ1n) is 12.4. The third-order valence-electron chi connectivity index (χ3n) is 5.55. The molecule has 1 unspecified atom stereocenters. The highest BCUT2D eigenvalue weighted by atomic mass is 32.2. The summed E-state index contributed by atoms with van der Waals surface area (Å²) in [6.45, 7) is 9.08. The fraction of sp³-hybridized carbons (Fsp3) is 0.600. The van der Waals surface area contributed by atoms with Crippen LogP contribution in [0.2, 0.25) is 0 Å². The van der Waals surface area contributed by atoms with Gasteiger partial charge in [-0.15, -0.1) is 0 Å². The highest BCUT2D eigenvalue weighted by Gasteiger charge is 2.31. The summed E-state index contributed by atoms with van der Waals surface area (Å²) in [7, 11) is -3.75. The van der Waals surface area contributed by atoms with E-state index in [0.29, 0.717) is 45.0 Å². The van der Waals surface area contributed by atoms with E-state index in [1.807, 2.05) is 13.8 Å². The molecule has 1 aliphatic heterocycles. The molecule has 1 aliphatic rings. The Morgan fingerprint density at radius 1 is 1.03 bits per heavy atom. The molecule has 2 rings (SSSR count). The summed E-state index contributed by atoms with van der Waals surface area (Å²) in [5.74, 6) is -4.65. The van der Waals surface area contributed by atoms with Crippen LogP contribution in [0, 0.1) is 5.92 Å². The fourth-order valence-electron chi connectivity index (χ4n) is 3.65. The first-order chi connectivity index (χ1) is 17.2. The molecule has 0 aliphatic carbocycles. The van der Waals surface area contributed by atoms with Crippen LogP contribution >= 0.6 is 0 Å². The Bertz CT molecular complexity index is 957. The van der Waals surface area contributed by atoms with Gasteiger partial charge in [0.05, 0.1) is 37.2 Å². The number of morpholine rings is 1. The second-order valence-corrected chi connectivity index (χ2v) is 10.2. The molecule has 0 radical (unpaired) electrons. The number of nitrogens with one attached hydrogen (secondary N) is 1. The molecule has 0 spiro atoms. The van der Waals surface area contributed by atoms with Gasteiger partial charge in [0.15, 0.2) is 9.84 Å². The van der Waals surface area contributed by atoms with Gasteiger partial charge in [0, 0.05) is 32.6 Å². The van der Waals surface area contributed by atoms with Crippen molar-refractivity contribution in [2.24, 2.45) is 5.92 Å². The van der Waals surface area contributed by atoms with Crippen molar-refractivity contribution in [3.05, 3.63) is 35.9 Å². The minimum Gasteiger partial charge on any atom is -0.378 e. The number of hydrogen-bond donors (Lipinski definition) is 1. The predicted octanol–water partition coefficient (Wildman–Crippen LogP) is 1.05. The van der Waals surface area contributed by atoms with E-state index in [9.17, 15) is 27.6 Å². The van der Waals surface area contributed by atoms with Crippen LogP contribution in [0.5, 0.6) is 0 Å². The van der Waals surface area contributed by atoms with Gasteiger partial charge >= 0.3 is 0 Å². The van der Waals surface area contributed by atoms with E-state index in [0.717, 1.165) is 0 Å². The Kier molecular flexibility index (Phi) is 13.9. The normalized spacial score (nSPS) is 14.2. The first kappa shape index (κ1) is 31.2. The quantitative estimate of drug-likeness (QED) is 0.404. The summed E-state index contributed by atoms with van der Waals surface area (Å²) in [4.78, 5) is 52.9. The van der Waals surface area contributed by atoms with Gasteiger partial charge in [-0.05, 0) is 19.4 Å². The van der Waals surface area contributed by atoms with Crippen LogP contribution in [0.3, 0.4) is 0 Å². The van der Waals surface area contributed by atoms with Gasteiger partial charge in [-0.1, -0.05) is 44.2 Å². The Morgan fingerprint density at radius 3 is 2.17 bits per heavy atom. The lowest BCUT2D eigenvalue weighted by Gasteiger charge is -2.28. The average Bonchev–Trinajstić information content (AvgIpc) is 2.89. The molecular formula is C25H39N3O7S. The molecule has 1 N–H and O–H groups in total. The Hall–Kier alpha value is -2.79. The van der Waals surface area contributed by atoms with Crippen LogP contribution < -0.4 is 5.32 Å². The number of likely N-dealkylation sites (N-methyl/N-ethyl adjacent to an activating group) is 1. The van der Waals surface area contributed by atoms with Crippen molar-refractivity contribution in [1.82, 2.24) is 15.1 Å². The first-order valence-corrected chi connectivity index (χ1v) is 14.2. The maximum absolute atomic E-state index is 12.9. The van der Waals surface area contributed by atoms with Gasteiger partial charge in [0.1, 0.15) is 0 Å². The number of nitrogens with zero attached hydrogens (tertiary/aromatic N) is 2. The monoisotopic (exact) mass is 525 g/mol. The lowest BCUT2D eigenvalue weighted by atomic mass is 10.1. The zero-order valence-electron chi connectivity index (χ0n) is 21.7. The highest BCUT2D eigenvalue weighted by Crippen LogP contribution is 2.15. The number of hydrogen-bond acceptors (Lipinski definition) is 7. The van der Waals surface area contributed by atoms with E-state index in [1.54, 1.807) is 44.2 Å². The minimum atomic E-state index is -3.75. The molecule has 1 fully saturated rings. The van der Waals surface area contributed by atoms with E-state index in [1.165, 1.54) is 9.80 Å². The number of sulfone groups is 1. The van der Waals surface area contributed by atoms with E-state index in [4.69, 9.17) is 4.74 Å². The van der Waals surface area contributed by atoms with E-state index >= 15 is 0 Å². The van der Waals surface area contributed by atoms with Crippen molar-refractivity contribution in [2.45, 2.75) is 39.9 Å². The Morgan fingerprint density at radius 2 is 1.61 bits per heavy atom. The molecule has 1 heterocycles. The Balaban J connectivity index is 0.00000316. The molecule has 36 heavy (non-hydrogen) atoms. The van der Waals surface area contributed by atoms with Gasteiger partial charge < -0.3 is 19.9 Å². The van der Waals surface area contributed by atoms with Crippen LogP contribution in [-0.2, 0) is 39.5 Å². The van der Waals surface area contributed by atoms with Gasteiger partial charge in [-0.3, -0.25) is 19.2 Å². The zero-order valence-corrected chi connectivity index (χ0v) is 22.5. The SMILES string of the molecule is CC.CCN(CC)C(=O)C(=O)CNC(=O)C(CC(=O)N1CCOCC1)CS(=O)(=O)Cc1ccccc1. The van der Waals surface area contributed by atoms with Crippen LogP contribution in [0.25, 0.3) is 0 Å². The molecule has 3 amide bonds. The minimum absolute atomic E-state index is 0.275. The number of benzene rings is 1. The highest BCUT2D eigenvalue weighted by molar-refractivity contribution is 7.90. The second-order valence-electron chi connectivity index (χ2n) is 8.05. The van der Waals surface area contributed by atoms with Crippen molar-refractivity contribution >= 4 is 33.3 Å². The molecule has 0 bridgehead atoms. The third kappa shape index (κ3) is 10.4. The largest absolute Gasteiger partial charge is 0.378 e. The van der Waals surface area contributed by atoms with Crippen LogP contribution in [0.1, 0.15) is 39.7 Å². The van der Waals surface area contributed by atoms with Crippen LogP contribution in [-0.4, -0.2) is 93.4 Å². The predicted molar refractivity (Wildman–Crippen MR) is 137 cm³/mol. The van der Waals surface area contributed by atoms with E-state index < -0.39 is 45.7 Å². The fourth-order valence-corrected chi connectivity index (χ4v) is 5.35. The lowest BCUT2D eigenvalue weighted by Crippen LogP contribution is -2.46. The number of amides is 3. The maximum Gasteiger partial charge on any atom is 0.291 e. The number of carbonyl (C=O) groups excluding carboxylic acids is 4. The maximum atomic E-state index is 12.9. The molecule has 11 heteroatoms. The molecule has 202 valence electrons. The molecule has 0 aromatic heterocycles. The topological polar surface area (TPSA) is 130 Å². The average molecular weight is 526 g/mol. The number of ketones is 1. The van der Waals surface area contributed by atoms with E-state index in [2.05, 4.69) is 5.32 Å². The smallest absolute Gasteiger partial charge is 0.291 e. The van der Waals surface area contributed by atoms with Crippen molar-refractivity contribution in [2.75, 3.05) is 51.7 Å². The lowest BCUT2D eigenvalue weighted by molar-refractivity contribution is -0.144. The second kappa shape index (κ2) is 16.1. The van der Waals surface area contributed by atoms with Crippen LogP contribution in [0.4, 0.5) is 0 Å². The van der Waals surface area contributed by atoms with Gasteiger partial charge in [-0.2, -0.15) is 0 Å². The molecule has 10 nitrogen and oxygen atoms in total. The van der Waals surface area contributed by atoms with Crippen molar-refractivity contribution in [1.29, 1.82) is 0 Å². The Labute approximate surface area is 214 Å². The summed E-state index contributed by atoms with van der Waals surface area (Å²) in [6, 6.07) is 8.54. The van der Waals surface area contributed by atoms with Crippen molar-refractivity contribution < 1.29 is 32.3 Å². The summed E-state index contributed by atoms with van der Waals surface area (Å²) >= 11 is 0. The zero-order chi connectivity index (χ0) is 27.1. The van der Waals surface area contributed by atoms with E-state index in [-0.39, 0.29) is 18.1 Å². The molecule has 1 aromatic carbocycles. The van der Waals surface area contributed by atoms with Crippen molar-refractivity contribution in [3.8, 4) is 0 Å². The van der Waals surface area contributed by atoms with Crippen LogP contribution in [0.15, 0.2) is 30.3 Å². The number of Topliss-reactive ketones (excluding diaryl/α,β-unsaturated/α-hetero) is 1. The standard InChI is InChI=1S/C23H33N3O7S.C2H6/c1-3-25(4-2)23(30)20(27)15-24-22(29)19(14-21(28)26-10-12-33-13-11-26)17-34(31,32)16-18-8-6-5-7-9-18;1-2/h5-9,19H,3-4,10-17H2,1-2H3,(H,24,29);1-2H3. The summed E-state index contributed by atoms with van der Waals surface area (Å²) in [6.07, 6.45) is -0.321. The third-order valence-corrected chi connectivity index (χ3v) is 7.24. The molecule has 1 aromatic rings. The molecule has 1 atom stereocenters. The molecular weight excluding hydrogens is 486 g/mol.